The smallest absolute Gasteiger partial charge is 0.340 e. The monoisotopic (exact) mass is 449 g/mol. The third-order valence-electron chi connectivity index (χ3n) is 5.50. The summed E-state index contributed by atoms with van der Waals surface area (Å²) in [5.74, 6) is -0.328. The normalized spacial score (nSPS) is 18.2. The van der Waals surface area contributed by atoms with Gasteiger partial charge in [-0.2, -0.15) is 18.3 Å². The fourth-order valence-corrected chi connectivity index (χ4v) is 4.57. The van der Waals surface area contributed by atoms with E-state index in [-0.39, 0.29) is 29.9 Å². The van der Waals surface area contributed by atoms with Gasteiger partial charge in [-0.3, -0.25) is 9.48 Å². The fourth-order valence-electron chi connectivity index (χ4n) is 3.89. The van der Waals surface area contributed by atoms with Crippen LogP contribution in [-0.2, 0) is 11.0 Å². The number of carbonyl (C=O) groups excluding carboxylic acids is 1. The number of hydrogen-bond donors (Lipinski definition) is 0. The first-order valence-electron chi connectivity index (χ1n) is 10.0. The zero-order valence-electron chi connectivity index (χ0n) is 17.1. The predicted octanol–water partition coefficient (Wildman–Crippen LogP) is 4.70. The van der Waals surface area contributed by atoms with Gasteiger partial charge in [-0.05, 0) is 50.3 Å². The number of aromatic nitrogens is 4. The molecule has 2 atom stereocenters. The molecule has 0 bridgehead atoms. The minimum atomic E-state index is -4.57. The summed E-state index contributed by atoms with van der Waals surface area (Å²) in [7, 11) is 0. The largest absolute Gasteiger partial charge is 0.433 e. The van der Waals surface area contributed by atoms with Crippen LogP contribution in [0.5, 0.6) is 0 Å². The number of thiophene rings is 1. The summed E-state index contributed by atoms with van der Waals surface area (Å²) in [5.41, 5.74) is 0.178. The molecule has 0 aliphatic carbocycles. The van der Waals surface area contributed by atoms with Gasteiger partial charge in [-0.15, -0.1) is 11.3 Å². The molecule has 6 nitrogen and oxygen atoms in total. The van der Waals surface area contributed by atoms with Gasteiger partial charge in [-0.1, -0.05) is 6.07 Å². The Bertz CT molecular complexity index is 1060. The maximum absolute atomic E-state index is 13.5. The number of amides is 1. The standard InChI is InChI=1S/C21H22F3N5OS/c1-13-7-8-25-29(13)14(2)20(30)28-9-3-5-15(12-28)19-26-16(17-6-4-10-31-17)11-18(27-19)21(22,23)24/h4,6-8,10-11,14-15H,3,5,9,12H2,1-2H3/t14-,15-/m0/s1. The maximum Gasteiger partial charge on any atom is 0.433 e. The Kier molecular flexibility index (Phi) is 5.83. The van der Waals surface area contributed by atoms with Crippen molar-refractivity contribution in [1.29, 1.82) is 0 Å². The lowest BCUT2D eigenvalue weighted by molar-refractivity contribution is -0.141. The highest BCUT2D eigenvalue weighted by molar-refractivity contribution is 7.13. The van der Waals surface area contributed by atoms with E-state index in [4.69, 9.17) is 0 Å². The molecule has 164 valence electrons. The second-order valence-electron chi connectivity index (χ2n) is 7.69. The first kappa shape index (κ1) is 21.5. The topological polar surface area (TPSA) is 63.9 Å². The van der Waals surface area contributed by atoms with Crippen molar-refractivity contribution < 1.29 is 18.0 Å². The summed E-state index contributed by atoms with van der Waals surface area (Å²) in [5, 5.41) is 6.00. The molecule has 1 aliphatic heterocycles. The van der Waals surface area contributed by atoms with E-state index in [0.29, 0.717) is 24.3 Å². The average Bonchev–Trinajstić information content (AvgIpc) is 3.44. The highest BCUT2D eigenvalue weighted by Crippen LogP contribution is 2.34. The van der Waals surface area contributed by atoms with Crippen molar-refractivity contribution in [2.24, 2.45) is 0 Å². The molecule has 10 heteroatoms. The van der Waals surface area contributed by atoms with Crippen LogP contribution in [0.1, 0.15) is 48.9 Å². The Labute approximate surface area is 181 Å². The van der Waals surface area contributed by atoms with Crippen LogP contribution in [0, 0.1) is 6.92 Å². The van der Waals surface area contributed by atoms with Gasteiger partial charge in [0.05, 0.1) is 10.6 Å². The maximum atomic E-state index is 13.5. The van der Waals surface area contributed by atoms with Crippen molar-refractivity contribution in [3.05, 3.63) is 53.1 Å². The molecule has 4 rings (SSSR count). The number of aryl methyl sites for hydroxylation is 1. The van der Waals surface area contributed by atoms with E-state index < -0.39 is 17.9 Å². The molecule has 0 radical (unpaired) electrons. The van der Waals surface area contributed by atoms with Crippen molar-refractivity contribution in [3.8, 4) is 10.6 Å². The van der Waals surface area contributed by atoms with Crippen LogP contribution in [0.3, 0.4) is 0 Å². The molecule has 0 N–H and O–H groups in total. The molecular weight excluding hydrogens is 427 g/mol. The summed E-state index contributed by atoms with van der Waals surface area (Å²) >= 11 is 1.33. The molecule has 0 unspecified atom stereocenters. The Morgan fingerprint density at radius 2 is 2.10 bits per heavy atom. The van der Waals surface area contributed by atoms with Crippen molar-refractivity contribution in [3.63, 3.8) is 0 Å². The fraction of sp³-hybridized carbons (Fsp3) is 0.429. The van der Waals surface area contributed by atoms with Crippen LogP contribution in [0.2, 0.25) is 0 Å². The van der Waals surface area contributed by atoms with Gasteiger partial charge in [0.2, 0.25) is 5.91 Å². The lowest BCUT2D eigenvalue weighted by Crippen LogP contribution is -2.43. The second kappa shape index (κ2) is 8.41. The summed E-state index contributed by atoms with van der Waals surface area (Å²) in [6.45, 7) is 4.49. The number of piperidine rings is 1. The van der Waals surface area contributed by atoms with Crippen LogP contribution < -0.4 is 0 Å². The summed E-state index contributed by atoms with van der Waals surface area (Å²) < 4.78 is 42.2. The van der Waals surface area contributed by atoms with Crippen LogP contribution in [0.15, 0.2) is 35.8 Å². The Balaban J connectivity index is 1.61. The van der Waals surface area contributed by atoms with E-state index in [9.17, 15) is 18.0 Å². The second-order valence-corrected chi connectivity index (χ2v) is 8.64. The van der Waals surface area contributed by atoms with E-state index in [2.05, 4.69) is 15.1 Å². The van der Waals surface area contributed by atoms with Crippen molar-refractivity contribution in [2.45, 2.75) is 44.8 Å². The molecule has 3 aromatic rings. The molecule has 1 aliphatic rings. The summed E-state index contributed by atoms with van der Waals surface area (Å²) in [6, 6.07) is 5.84. The van der Waals surface area contributed by atoms with Gasteiger partial charge in [0.15, 0.2) is 0 Å². The molecule has 31 heavy (non-hydrogen) atoms. The summed E-state index contributed by atoms with van der Waals surface area (Å²) in [4.78, 5) is 23.7. The molecule has 1 saturated heterocycles. The Morgan fingerprint density at radius 3 is 2.74 bits per heavy atom. The number of nitrogens with zero attached hydrogens (tertiary/aromatic N) is 5. The highest BCUT2D eigenvalue weighted by Gasteiger charge is 2.36. The Morgan fingerprint density at radius 1 is 1.29 bits per heavy atom. The molecule has 1 fully saturated rings. The third-order valence-corrected chi connectivity index (χ3v) is 6.39. The number of alkyl halides is 3. The van der Waals surface area contributed by atoms with Gasteiger partial charge in [0.25, 0.3) is 0 Å². The van der Waals surface area contributed by atoms with Crippen molar-refractivity contribution >= 4 is 17.2 Å². The SMILES string of the molecule is Cc1ccnn1[C@@H](C)C(=O)N1CCC[C@H](c2nc(-c3cccs3)cc(C(F)(F)F)n2)C1. The van der Waals surface area contributed by atoms with Crippen molar-refractivity contribution in [2.75, 3.05) is 13.1 Å². The lowest BCUT2D eigenvalue weighted by atomic mass is 9.96. The molecule has 0 saturated carbocycles. The summed E-state index contributed by atoms with van der Waals surface area (Å²) in [6.07, 6.45) is -1.62. The first-order valence-corrected chi connectivity index (χ1v) is 10.9. The van der Waals surface area contributed by atoms with Crippen molar-refractivity contribution in [1.82, 2.24) is 24.6 Å². The van der Waals surface area contributed by atoms with E-state index in [1.165, 1.54) is 11.3 Å². The van der Waals surface area contributed by atoms with Crippen LogP contribution in [0.25, 0.3) is 10.6 Å². The number of hydrogen-bond acceptors (Lipinski definition) is 5. The van der Waals surface area contributed by atoms with E-state index >= 15 is 0 Å². The lowest BCUT2D eigenvalue weighted by Gasteiger charge is -2.34. The highest BCUT2D eigenvalue weighted by atomic mass is 32.1. The number of rotatable bonds is 4. The molecule has 1 amide bonds. The van der Waals surface area contributed by atoms with Gasteiger partial charge >= 0.3 is 6.18 Å². The van der Waals surface area contributed by atoms with E-state index in [1.807, 2.05) is 13.0 Å². The zero-order valence-corrected chi connectivity index (χ0v) is 18.0. The van der Waals surface area contributed by atoms with Crippen LogP contribution >= 0.6 is 11.3 Å². The number of halogens is 3. The van der Waals surface area contributed by atoms with E-state index in [1.54, 1.807) is 40.2 Å². The molecule has 0 spiro atoms. The Hall–Kier alpha value is -2.75. The minimum Gasteiger partial charge on any atom is -0.340 e. The van der Waals surface area contributed by atoms with Gasteiger partial charge in [0.1, 0.15) is 17.6 Å². The van der Waals surface area contributed by atoms with Gasteiger partial charge in [0, 0.05) is 30.9 Å². The van der Waals surface area contributed by atoms with Crippen LogP contribution in [0.4, 0.5) is 13.2 Å². The predicted molar refractivity (Wildman–Crippen MR) is 111 cm³/mol. The molecular formula is C21H22F3N5OS. The average molecular weight is 450 g/mol. The van der Waals surface area contributed by atoms with Gasteiger partial charge in [-0.25, -0.2) is 9.97 Å². The molecule has 4 heterocycles. The minimum absolute atomic E-state index is 0.109. The van der Waals surface area contributed by atoms with Gasteiger partial charge < -0.3 is 4.90 Å². The number of carbonyl (C=O) groups is 1. The molecule has 3 aromatic heterocycles. The molecule has 0 aromatic carbocycles. The quantitative estimate of drug-likeness (QED) is 0.579. The number of likely N-dealkylation sites (tertiary alicyclic amines) is 1. The zero-order chi connectivity index (χ0) is 22.2. The van der Waals surface area contributed by atoms with Crippen LogP contribution in [-0.4, -0.2) is 43.6 Å². The first-order chi connectivity index (χ1) is 14.7. The van der Waals surface area contributed by atoms with E-state index in [0.717, 1.165) is 11.8 Å². The third kappa shape index (κ3) is 4.48.